The Morgan fingerprint density at radius 3 is 2.79 bits per heavy atom. The Kier molecular flexibility index (Phi) is 3.99. The molecule has 0 N–H and O–H groups in total. The highest BCUT2D eigenvalue weighted by Crippen LogP contribution is 2.39. The molecule has 2 atom stereocenters. The van der Waals surface area contributed by atoms with E-state index in [0.717, 1.165) is 53.6 Å². The summed E-state index contributed by atoms with van der Waals surface area (Å²) >= 11 is 0. The molecule has 0 unspecified atom stereocenters. The van der Waals surface area contributed by atoms with Crippen molar-refractivity contribution >= 4 is 5.91 Å². The topological polar surface area (TPSA) is 89.9 Å². The number of pyridine rings is 1. The summed E-state index contributed by atoms with van der Waals surface area (Å²) in [6.07, 6.45) is 5.81. The average Bonchev–Trinajstić information content (AvgIpc) is 3.41. The summed E-state index contributed by atoms with van der Waals surface area (Å²) < 4.78 is 7.45. The Hall–Kier alpha value is -3.03. The van der Waals surface area contributed by atoms with E-state index in [1.807, 2.05) is 30.9 Å². The molecule has 0 spiro atoms. The van der Waals surface area contributed by atoms with Gasteiger partial charge in [-0.15, -0.1) is 10.2 Å². The lowest BCUT2D eigenvalue weighted by atomic mass is 9.93. The molecule has 0 radical (unpaired) electrons. The lowest BCUT2D eigenvalue weighted by Crippen LogP contribution is -2.31. The fourth-order valence-electron chi connectivity index (χ4n) is 4.51. The van der Waals surface area contributed by atoms with Crippen molar-refractivity contribution in [2.24, 2.45) is 5.92 Å². The number of nitrogens with zero attached hydrogens (tertiary/aromatic N) is 6. The molecule has 2 aliphatic heterocycles. The number of aryl methyl sites for hydroxylation is 3. The predicted molar refractivity (Wildman–Crippen MR) is 100 cm³/mol. The summed E-state index contributed by atoms with van der Waals surface area (Å²) in [5, 5.41) is 12.8. The number of likely N-dealkylation sites (tertiary alicyclic amines) is 1. The van der Waals surface area contributed by atoms with Crippen molar-refractivity contribution in [3.05, 3.63) is 47.4 Å². The number of carbonyl (C=O) groups excluding carboxylic acids is 1. The smallest absolute Gasteiger partial charge is 0.227 e. The molecule has 5 rings (SSSR count). The molecule has 5 heterocycles. The van der Waals surface area contributed by atoms with E-state index in [0.29, 0.717) is 18.9 Å². The largest absolute Gasteiger partial charge is 0.361 e. The molecule has 8 nitrogen and oxygen atoms in total. The van der Waals surface area contributed by atoms with E-state index >= 15 is 0 Å². The molecule has 28 heavy (non-hydrogen) atoms. The number of rotatable bonds is 3. The van der Waals surface area contributed by atoms with Gasteiger partial charge in [-0.05, 0) is 38.3 Å². The van der Waals surface area contributed by atoms with Crippen LogP contribution in [0.2, 0.25) is 0 Å². The number of aromatic nitrogens is 5. The van der Waals surface area contributed by atoms with Crippen LogP contribution in [0.15, 0.2) is 29.0 Å². The minimum atomic E-state index is 0.129. The first kappa shape index (κ1) is 17.1. The van der Waals surface area contributed by atoms with Gasteiger partial charge in [0.1, 0.15) is 11.6 Å². The molecule has 0 aliphatic carbocycles. The van der Waals surface area contributed by atoms with Gasteiger partial charge in [0.15, 0.2) is 5.82 Å². The van der Waals surface area contributed by atoms with Crippen LogP contribution in [0.1, 0.15) is 35.3 Å². The molecular formula is C20H22N6O2. The molecule has 3 aromatic heterocycles. The van der Waals surface area contributed by atoms with Crippen molar-refractivity contribution in [3.63, 3.8) is 0 Å². The van der Waals surface area contributed by atoms with Crippen LogP contribution >= 0.6 is 0 Å². The van der Waals surface area contributed by atoms with Crippen LogP contribution in [0.25, 0.3) is 11.4 Å². The summed E-state index contributed by atoms with van der Waals surface area (Å²) in [4.78, 5) is 19.0. The van der Waals surface area contributed by atoms with Crippen LogP contribution in [0.4, 0.5) is 0 Å². The SMILES string of the molecule is Cc1noc(C)c1CC(=O)N1C[C@H]2CCc3nnc(-c4ccncc4)n3[C@H]2C1. The third-order valence-corrected chi connectivity index (χ3v) is 6.04. The highest BCUT2D eigenvalue weighted by Gasteiger charge is 2.41. The van der Waals surface area contributed by atoms with Gasteiger partial charge < -0.3 is 14.0 Å². The van der Waals surface area contributed by atoms with Gasteiger partial charge in [0, 0.05) is 43.0 Å². The summed E-state index contributed by atoms with van der Waals surface area (Å²) in [5.41, 5.74) is 2.71. The van der Waals surface area contributed by atoms with E-state index in [-0.39, 0.29) is 11.9 Å². The van der Waals surface area contributed by atoms with Crippen molar-refractivity contribution in [2.45, 2.75) is 39.2 Å². The quantitative estimate of drug-likeness (QED) is 0.694. The molecule has 3 aromatic rings. The van der Waals surface area contributed by atoms with Gasteiger partial charge in [-0.2, -0.15) is 0 Å². The highest BCUT2D eigenvalue weighted by molar-refractivity contribution is 5.79. The zero-order chi connectivity index (χ0) is 19.3. The highest BCUT2D eigenvalue weighted by atomic mass is 16.5. The number of amides is 1. The van der Waals surface area contributed by atoms with Crippen molar-refractivity contribution in [3.8, 4) is 11.4 Å². The van der Waals surface area contributed by atoms with Crippen LogP contribution in [0.3, 0.4) is 0 Å². The summed E-state index contributed by atoms with van der Waals surface area (Å²) in [6.45, 7) is 5.21. The third-order valence-electron chi connectivity index (χ3n) is 6.04. The Balaban J connectivity index is 1.41. The van der Waals surface area contributed by atoms with Gasteiger partial charge in [-0.3, -0.25) is 9.78 Å². The monoisotopic (exact) mass is 378 g/mol. The van der Waals surface area contributed by atoms with E-state index in [2.05, 4.69) is 24.9 Å². The van der Waals surface area contributed by atoms with Gasteiger partial charge in [0.2, 0.25) is 5.91 Å². The summed E-state index contributed by atoms with van der Waals surface area (Å²) in [5.74, 6) is 3.16. The molecule has 0 saturated carbocycles. The zero-order valence-corrected chi connectivity index (χ0v) is 16.0. The fourth-order valence-corrected chi connectivity index (χ4v) is 4.51. The maximum Gasteiger partial charge on any atom is 0.227 e. The second-order valence-electron chi connectivity index (χ2n) is 7.69. The summed E-state index contributed by atoms with van der Waals surface area (Å²) in [6, 6.07) is 4.13. The van der Waals surface area contributed by atoms with Crippen LogP contribution in [0, 0.1) is 19.8 Å². The third kappa shape index (κ3) is 2.71. The number of hydrogen-bond donors (Lipinski definition) is 0. The average molecular weight is 378 g/mol. The molecule has 1 saturated heterocycles. The van der Waals surface area contributed by atoms with Crippen LogP contribution in [-0.4, -0.2) is 48.8 Å². The molecule has 144 valence electrons. The maximum absolute atomic E-state index is 13.0. The Labute approximate surface area is 162 Å². The molecule has 1 amide bonds. The first-order chi connectivity index (χ1) is 13.6. The van der Waals surface area contributed by atoms with Crippen LogP contribution < -0.4 is 0 Å². The lowest BCUT2D eigenvalue weighted by molar-refractivity contribution is -0.129. The minimum absolute atomic E-state index is 0.129. The van der Waals surface area contributed by atoms with E-state index in [1.165, 1.54) is 0 Å². The van der Waals surface area contributed by atoms with Gasteiger partial charge in [-0.1, -0.05) is 5.16 Å². The number of hydrogen-bond acceptors (Lipinski definition) is 6. The summed E-state index contributed by atoms with van der Waals surface area (Å²) in [7, 11) is 0. The predicted octanol–water partition coefficient (Wildman–Crippen LogP) is 2.13. The number of carbonyl (C=O) groups is 1. The Bertz CT molecular complexity index is 1010. The van der Waals surface area contributed by atoms with Crippen LogP contribution in [0.5, 0.6) is 0 Å². The van der Waals surface area contributed by atoms with E-state index < -0.39 is 0 Å². The molecule has 1 fully saturated rings. The van der Waals surface area contributed by atoms with Crippen molar-refractivity contribution < 1.29 is 9.32 Å². The van der Waals surface area contributed by atoms with Gasteiger partial charge in [0.25, 0.3) is 0 Å². The van der Waals surface area contributed by atoms with E-state index in [1.54, 1.807) is 12.4 Å². The Morgan fingerprint density at radius 2 is 2.04 bits per heavy atom. The van der Waals surface area contributed by atoms with E-state index in [4.69, 9.17) is 4.52 Å². The Morgan fingerprint density at radius 1 is 1.21 bits per heavy atom. The van der Waals surface area contributed by atoms with Gasteiger partial charge >= 0.3 is 0 Å². The second kappa shape index (κ2) is 6.54. The normalized spacial score (nSPS) is 20.9. The first-order valence-electron chi connectivity index (χ1n) is 9.65. The number of fused-ring (bicyclic) bond motifs is 3. The van der Waals surface area contributed by atoms with Gasteiger partial charge in [0.05, 0.1) is 18.2 Å². The van der Waals surface area contributed by atoms with Gasteiger partial charge in [-0.25, -0.2) is 0 Å². The van der Waals surface area contributed by atoms with Crippen molar-refractivity contribution in [1.29, 1.82) is 0 Å². The van der Waals surface area contributed by atoms with E-state index in [9.17, 15) is 4.79 Å². The fraction of sp³-hybridized carbons (Fsp3) is 0.450. The second-order valence-corrected chi connectivity index (χ2v) is 7.69. The standard InChI is InChI=1S/C20H22N6O2/c1-12-16(13(2)28-24-12)9-19(27)25-10-15-3-4-18-22-23-20(26(18)17(15)11-25)14-5-7-21-8-6-14/h5-8,15,17H,3-4,9-11H2,1-2H3/t15-,17+/m1/s1. The minimum Gasteiger partial charge on any atom is -0.361 e. The first-order valence-corrected chi connectivity index (χ1v) is 9.65. The molecule has 0 bridgehead atoms. The van der Waals surface area contributed by atoms with Crippen molar-refractivity contribution in [2.75, 3.05) is 13.1 Å². The maximum atomic E-state index is 13.0. The molecule has 0 aromatic carbocycles. The molecule has 2 aliphatic rings. The zero-order valence-electron chi connectivity index (χ0n) is 16.0. The van der Waals surface area contributed by atoms with Crippen molar-refractivity contribution in [1.82, 2.24) is 29.8 Å². The molecular weight excluding hydrogens is 356 g/mol. The van der Waals surface area contributed by atoms with Crippen LogP contribution in [-0.2, 0) is 17.6 Å². The lowest BCUT2D eigenvalue weighted by Gasteiger charge is -2.27. The molecule has 8 heteroatoms.